The Kier molecular flexibility index (Phi) is 4.64. The molecule has 0 fully saturated rings. The molecule has 1 atom stereocenters. The van der Waals surface area contributed by atoms with E-state index in [1.807, 2.05) is 42.5 Å². The molecule has 4 nitrogen and oxygen atoms in total. The van der Waals surface area contributed by atoms with Crippen LogP contribution in [0.1, 0.15) is 17.3 Å². The van der Waals surface area contributed by atoms with Crippen LogP contribution in [0.4, 0.5) is 0 Å². The number of amides is 1. The maximum Gasteiger partial charge on any atom is 0.226 e. The maximum atomic E-state index is 11.9. The van der Waals surface area contributed by atoms with Crippen LogP contribution in [0.15, 0.2) is 54.7 Å². The van der Waals surface area contributed by atoms with Crippen molar-refractivity contribution in [3.05, 3.63) is 66.0 Å². The summed E-state index contributed by atoms with van der Waals surface area (Å²) in [5.41, 5.74) is 1.60. The Labute approximate surface area is 112 Å². The number of benzene rings is 1. The molecule has 2 rings (SSSR count). The lowest BCUT2D eigenvalue weighted by molar-refractivity contribution is -0.121. The minimum Gasteiger partial charge on any atom is -0.394 e. The van der Waals surface area contributed by atoms with Gasteiger partial charge in [0.1, 0.15) is 0 Å². The highest BCUT2D eigenvalue weighted by Gasteiger charge is 2.13. The number of hydrogen-bond donors (Lipinski definition) is 2. The summed E-state index contributed by atoms with van der Waals surface area (Å²) in [4.78, 5) is 16.0. The predicted molar refractivity (Wildman–Crippen MR) is 72.4 cm³/mol. The number of carbonyl (C=O) groups is 1. The van der Waals surface area contributed by atoms with Crippen LogP contribution in [0.2, 0.25) is 0 Å². The summed E-state index contributed by atoms with van der Waals surface area (Å²) in [5.74, 6) is -0.151. The molecule has 0 aliphatic rings. The third kappa shape index (κ3) is 3.89. The molecule has 1 heterocycles. The summed E-state index contributed by atoms with van der Waals surface area (Å²) < 4.78 is 0. The maximum absolute atomic E-state index is 11.9. The SMILES string of the molecule is O=C(Cc1ccccn1)N[C@@H](CO)c1ccccc1. The minimum atomic E-state index is -0.377. The molecule has 1 aromatic heterocycles. The Bertz CT molecular complexity index is 514. The second kappa shape index (κ2) is 6.66. The lowest BCUT2D eigenvalue weighted by atomic mass is 10.1. The lowest BCUT2D eigenvalue weighted by Gasteiger charge is -2.16. The Morgan fingerprint density at radius 2 is 1.89 bits per heavy atom. The molecule has 0 saturated carbocycles. The van der Waals surface area contributed by atoms with Crippen molar-refractivity contribution in [2.24, 2.45) is 0 Å². The van der Waals surface area contributed by atoms with Gasteiger partial charge in [-0.1, -0.05) is 36.4 Å². The third-order valence-corrected chi connectivity index (χ3v) is 2.79. The van der Waals surface area contributed by atoms with E-state index in [-0.39, 0.29) is 25.0 Å². The zero-order chi connectivity index (χ0) is 13.5. The molecule has 0 bridgehead atoms. The number of rotatable bonds is 5. The van der Waals surface area contributed by atoms with E-state index in [1.165, 1.54) is 0 Å². The number of aromatic nitrogens is 1. The van der Waals surface area contributed by atoms with Gasteiger partial charge in [0.15, 0.2) is 0 Å². The van der Waals surface area contributed by atoms with Crippen molar-refractivity contribution < 1.29 is 9.90 Å². The van der Waals surface area contributed by atoms with Gasteiger partial charge in [0.25, 0.3) is 0 Å². The first kappa shape index (κ1) is 13.2. The van der Waals surface area contributed by atoms with Crippen LogP contribution < -0.4 is 5.32 Å². The predicted octanol–water partition coefficient (Wildman–Crippen LogP) is 1.47. The topological polar surface area (TPSA) is 62.2 Å². The molecule has 19 heavy (non-hydrogen) atoms. The number of aliphatic hydroxyl groups is 1. The van der Waals surface area contributed by atoms with Gasteiger partial charge in [-0.15, -0.1) is 0 Å². The first-order valence-electron chi connectivity index (χ1n) is 6.14. The van der Waals surface area contributed by atoms with Crippen LogP contribution in [0, 0.1) is 0 Å². The molecule has 0 aliphatic carbocycles. The third-order valence-electron chi connectivity index (χ3n) is 2.79. The molecule has 0 saturated heterocycles. The van der Waals surface area contributed by atoms with E-state index < -0.39 is 0 Å². The summed E-state index contributed by atoms with van der Waals surface area (Å²) in [6.45, 7) is -0.127. The standard InChI is InChI=1S/C15H16N2O2/c18-11-14(12-6-2-1-3-7-12)17-15(19)10-13-8-4-5-9-16-13/h1-9,14,18H,10-11H2,(H,17,19)/t14-/m0/s1. The van der Waals surface area contributed by atoms with Crippen molar-refractivity contribution in [3.63, 3.8) is 0 Å². The number of pyridine rings is 1. The molecule has 0 spiro atoms. The number of nitrogens with one attached hydrogen (secondary N) is 1. The smallest absolute Gasteiger partial charge is 0.226 e. The van der Waals surface area contributed by atoms with E-state index in [1.54, 1.807) is 12.3 Å². The normalized spacial score (nSPS) is 11.8. The quantitative estimate of drug-likeness (QED) is 0.851. The fourth-order valence-electron chi connectivity index (χ4n) is 1.83. The van der Waals surface area contributed by atoms with Crippen molar-refractivity contribution in [2.45, 2.75) is 12.5 Å². The summed E-state index contributed by atoms with van der Waals surface area (Å²) in [6, 6.07) is 14.5. The monoisotopic (exact) mass is 256 g/mol. The van der Waals surface area contributed by atoms with E-state index in [0.717, 1.165) is 5.56 Å². The molecular formula is C15H16N2O2. The molecule has 4 heteroatoms. The van der Waals surface area contributed by atoms with Crippen LogP contribution >= 0.6 is 0 Å². The van der Waals surface area contributed by atoms with Crippen molar-refractivity contribution in [2.75, 3.05) is 6.61 Å². The zero-order valence-corrected chi connectivity index (χ0v) is 10.5. The fourth-order valence-corrected chi connectivity index (χ4v) is 1.83. The zero-order valence-electron chi connectivity index (χ0n) is 10.5. The van der Waals surface area contributed by atoms with Crippen molar-refractivity contribution in [1.82, 2.24) is 10.3 Å². The summed E-state index contributed by atoms with van der Waals surface area (Å²) in [5, 5.41) is 12.2. The average Bonchev–Trinajstić information content (AvgIpc) is 2.47. The van der Waals surface area contributed by atoms with E-state index in [0.29, 0.717) is 5.69 Å². The molecule has 0 aliphatic heterocycles. The number of hydrogen-bond acceptors (Lipinski definition) is 3. The van der Waals surface area contributed by atoms with Gasteiger partial charge in [-0.2, -0.15) is 0 Å². The highest BCUT2D eigenvalue weighted by molar-refractivity contribution is 5.78. The Morgan fingerprint density at radius 3 is 2.53 bits per heavy atom. The molecular weight excluding hydrogens is 240 g/mol. The minimum absolute atomic E-state index is 0.127. The Balaban J connectivity index is 1.97. The fraction of sp³-hybridized carbons (Fsp3) is 0.200. The van der Waals surface area contributed by atoms with Crippen LogP contribution in [0.25, 0.3) is 0 Å². The van der Waals surface area contributed by atoms with Gasteiger partial charge < -0.3 is 10.4 Å². The van der Waals surface area contributed by atoms with Gasteiger partial charge in [-0.05, 0) is 17.7 Å². The van der Waals surface area contributed by atoms with Gasteiger partial charge in [-0.25, -0.2) is 0 Å². The van der Waals surface area contributed by atoms with Gasteiger partial charge in [0, 0.05) is 11.9 Å². The highest BCUT2D eigenvalue weighted by Crippen LogP contribution is 2.11. The second-order valence-corrected chi connectivity index (χ2v) is 4.21. The Hall–Kier alpha value is -2.20. The number of carbonyl (C=O) groups excluding carboxylic acids is 1. The van der Waals surface area contributed by atoms with E-state index in [9.17, 15) is 9.90 Å². The first-order valence-corrected chi connectivity index (χ1v) is 6.14. The summed E-state index contributed by atoms with van der Waals surface area (Å²) >= 11 is 0. The van der Waals surface area contributed by atoms with E-state index in [4.69, 9.17) is 0 Å². The first-order chi connectivity index (χ1) is 9.29. The van der Waals surface area contributed by atoms with Gasteiger partial charge >= 0.3 is 0 Å². The van der Waals surface area contributed by atoms with Gasteiger partial charge in [-0.3, -0.25) is 9.78 Å². The summed E-state index contributed by atoms with van der Waals surface area (Å²) in [7, 11) is 0. The number of aliphatic hydroxyl groups excluding tert-OH is 1. The molecule has 98 valence electrons. The highest BCUT2D eigenvalue weighted by atomic mass is 16.3. The lowest BCUT2D eigenvalue weighted by Crippen LogP contribution is -2.32. The second-order valence-electron chi connectivity index (χ2n) is 4.21. The Morgan fingerprint density at radius 1 is 1.16 bits per heavy atom. The molecule has 2 N–H and O–H groups in total. The van der Waals surface area contributed by atoms with E-state index >= 15 is 0 Å². The van der Waals surface area contributed by atoms with Crippen molar-refractivity contribution in [3.8, 4) is 0 Å². The van der Waals surface area contributed by atoms with Crippen molar-refractivity contribution >= 4 is 5.91 Å². The van der Waals surface area contributed by atoms with Crippen LogP contribution in [0.3, 0.4) is 0 Å². The molecule has 1 aromatic carbocycles. The summed E-state index contributed by atoms with van der Waals surface area (Å²) in [6.07, 6.45) is 1.87. The van der Waals surface area contributed by atoms with Crippen LogP contribution in [-0.4, -0.2) is 22.6 Å². The van der Waals surface area contributed by atoms with E-state index in [2.05, 4.69) is 10.3 Å². The van der Waals surface area contributed by atoms with Gasteiger partial charge in [0.05, 0.1) is 19.1 Å². The van der Waals surface area contributed by atoms with Crippen molar-refractivity contribution in [1.29, 1.82) is 0 Å². The average molecular weight is 256 g/mol. The largest absolute Gasteiger partial charge is 0.394 e. The number of nitrogens with zero attached hydrogens (tertiary/aromatic N) is 1. The van der Waals surface area contributed by atoms with Crippen LogP contribution in [-0.2, 0) is 11.2 Å². The van der Waals surface area contributed by atoms with Gasteiger partial charge in [0.2, 0.25) is 5.91 Å². The molecule has 2 aromatic rings. The molecule has 0 radical (unpaired) electrons. The van der Waals surface area contributed by atoms with Crippen LogP contribution in [0.5, 0.6) is 0 Å². The molecule has 0 unspecified atom stereocenters. The molecule has 1 amide bonds.